The van der Waals surface area contributed by atoms with Crippen LogP contribution in [-0.2, 0) is 19.4 Å². The summed E-state index contributed by atoms with van der Waals surface area (Å²) in [6, 6.07) is 9.83. The zero-order valence-electron chi connectivity index (χ0n) is 20.6. The molecule has 0 N–H and O–H groups in total. The van der Waals surface area contributed by atoms with E-state index in [2.05, 4.69) is 0 Å². The summed E-state index contributed by atoms with van der Waals surface area (Å²) in [5, 5.41) is 0.506. The van der Waals surface area contributed by atoms with Crippen LogP contribution in [0.4, 0.5) is 5.13 Å². The molecule has 0 aliphatic carbocycles. The van der Waals surface area contributed by atoms with Gasteiger partial charge in [0.15, 0.2) is 15.0 Å². The first kappa shape index (κ1) is 26.2. The molecule has 1 unspecified atom stereocenters. The van der Waals surface area contributed by atoms with E-state index in [-0.39, 0.29) is 35.5 Å². The highest BCUT2D eigenvalue weighted by Crippen LogP contribution is 2.40. The van der Waals surface area contributed by atoms with E-state index >= 15 is 0 Å². The average Bonchev–Trinajstić information content (AvgIpc) is 3.56. The summed E-state index contributed by atoms with van der Waals surface area (Å²) in [5.74, 6) is 1.47. The van der Waals surface area contributed by atoms with Crippen LogP contribution in [0, 0.1) is 0 Å². The van der Waals surface area contributed by atoms with Gasteiger partial charge in [-0.25, -0.2) is 13.4 Å². The monoisotopic (exact) mass is 534 g/mol. The second kappa shape index (κ2) is 11.4. The van der Waals surface area contributed by atoms with Gasteiger partial charge in [-0.2, -0.15) is 0 Å². The smallest absolute Gasteiger partial charge is 0.228 e. The molecule has 0 spiro atoms. The summed E-state index contributed by atoms with van der Waals surface area (Å²) in [4.78, 5) is 19.9. The Morgan fingerprint density at radius 1 is 1.08 bits per heavy atom. The summed E-state index contributed by atoms with van der Waals surface area (Å²) >= 11 is 1.34. The molecule has 1 aliphatic heterocycles. The molecule has 1 saturated heterocycles. The Hall–Kier alpha value is -2.89. The number of rotatable bonds is 11. The first-order valence-corrected chi connectivity index (χ1v) is 14.1. The van der Waals surface area contributed by atoms with E-state index in [4.69, 9.17) is 23.9 Å². The Kier molecular flexibility index (Phi) is 8.32. The number of carbonyl (C=O) groups is 1. The zero-order chi connectivity index (χ0) is 25.7. The highest BCUT2D eigenvalue weighted by Gasteiger charge is 2.28. The van der Waals surface area contributed by atoms with E-state index in [0.717, 1.165) is 17.5 Å². The number of nitrogens with zero attached hydrogens (tertiary/aromatic N) is 2. The molecule has 3 aromatic rings. The molecule has 9 nitrogen and oxygen atoms in total. The second-order valence-corrected chi connectivity index (χ2v) is 11.5. The number of carbonyl (C=O) groups excluding carboxylic acids is 1. The van der Waals surface area contributed by atoms with E-state index in [1.807, 2.05) is 0 Å². The van der Waals surface area contributed by atoms with Gasteiger partial charge in [-0.1, -0.05) is 11.3 Å². The van der Waals surface area contributed by atoms with Gasteiger partial charge in [0.05, 0.1) is 44.6 Å². The maximum atomic E-state index is 13.4. The van der Waals surface area contributed by atoms with E-state index in [1.165, 1.54) is 30.6 Å². The number of amides is 1. The van der Waals surface area contributed by atoms with Gasteiger partial charge in [-0.05, 0) is 55.7 Å². The standard InChI is InChI=1S/C25H30N2O7S2/c1-31-17-8-10-19(11-9-17)36(29,30)15-5-7-22(28)27(16-18-6-4-14-34-18)25-26-23-20(32-2)12-13-21(33-3)24(23)35-25/h8-13,18H,4-7,14-16H2,1-3H3. The predicted octanol–water partition coefficient (Wildman–Crippen LogP) is 4.09. The molecular formula is C25H30N2O7S2. The van der Waals surface area contributed by atoms with Crippen LogP contribution in [0.25, 0.3) is 10.2 Å². The van der Waals surface area contributed by atoms with Crippen molar-refractivity contribution in [2.24, 2.45) is 0 Å². The lowest BCUT2D eigenvalue weighted by atomic mass is 10.2. The van der Waals surface area contributed by atoms with E-state index in [1.54, 1.807) is 43.4 Å². The number of fused-ring (bicyclic) bond motifs is 1. The van der Waals surface area contributed by atoms with Crippen LogP contribution in [0.3, 0.4) is 0 Å². The number of ether oxygens (including phenoxy) is 4. The second-order valence-electron chi connectivity index (χ2n) is 8.38. The summed E-state index contributed by atoms with van der Waals surface area (Å²) in [6.45, 7) is 1.02. The first-order chi connectivity index (χ1) is 17.4. The van der Waals surface area contributed by atoms with E-state index in [9.17, 15) is 13.2 Å². The molecule has 2 heterocycles. The van der Waals surface area contributed by atoms with Crippen LogP contribution in [0.5, 0.6) is 17.2 Å². The summed E-state index contributed by atoms with van der Waals surface area (Å²) < 4.78 is 48.1. The summed E-state index contributed by atoms with van der Waals surface area (Å²) in [7, 11) is 1.14. The highest BCUT2D eigenvalue weighted by atomic mass is 32.2. The van der Waals surface area contributed by atoms with Gasteiger partial charge in [-0.15, -0.1) is 0 Å². The summed E-state index contributed by atoms with van der Waals surface area (Å²) in [6.07, 6.45) is 1.95. The summed E-state index contributed by atoms with van der Waals surface area (Å²) in [5.41, 5.74) is 0.615. The molecule has 1 amide bonds. The molecule has 36 heavy (non-hydrogen) atoms. The number of thiazole rings is 1. The zero-order valence-corrected chi connectivity index (χ0v) is 22.2. The fourth-order valence-corrected chi connectivity index (χ4v) is 6.53. The van der Waals surface area contributed by atoms with Gasteiger partial charge < -0.3 is 18.9 Å². The molecule has 1 atom stereocenters. The van der Waals surface area contributed by atoms with E-state index in [0.29, 0.717) is 41.0 Å². The average molecular weight is 535 g/mol. The molecule has 11 heteroatoms. The van der Waals surface area contributed by atoms with Crippen molar-refractivity contribution in [3.63, 3.8) is 0 Å². The minimum Gasteiger partial charge on any atom is -0.497 e. The topological polar surface area (TPSA) is 104 Å². The van der Waals surface area contributed by atoms with Crippen molar-refractivity contribution in [2.75, 3.05) is 45.1 Å². The normalized spacial score (nSPS) is 15.7. The molecule has 1 fully saturated rings. The number of anilines is 1. The third-order valence-corrected chi connectivity index (χ3v) is 8.97. The number of hydrogen-bond acceptors (Lipinski definition) is 9. The number of hydrogen-bond donors (Lipinski definition) is 0. The van der Waals surface area contributed by atoms with Crippen LogP contribution in [0.2, 0.25) is 0 Å². The van der Waals surface area contributed by atoms with Crippen LogP contribution < -0.4 is 19.1 Å². The van der Waals surface area contributed by atoms with Crippen molar-refractivity contribution < 1.29 is 32.2 Å². The fraction of sp³-hybridized carbons (Fsp3) is 0.440. The molecule has 0 radical (unpaired) electrons. The van der Waals surface area contributed by atoms with Gasteiger partial charge in [0, 0.05) is 13.0 Å². The molecule has 1 aliphatic rings. The largest absolute Gasteiger partial charge is 0.497 e. The van der Waals surface area contributed by atoms with Gasteiger partial charge in [0.25, 0.3) is 0 Å². The van der Waals surface area contributed by atoms with Crippen LogP contribution in [-0.4, -0.2) is 65.6 Å². The van der Waals surface area contributed by atoms with Gasteiger partial charge in [0.2, 0.25) is 5.91 Å². The molecule has 2 aromatic carbocycles. The minimum absolute atomic E-state index is 0.0618. The van der Waals surface area contributed by atoms with Crippen LogP contribution in [0.15, 0.2) is 41.3 Å². The Morgan fingerprint density at radius 3 is 2.44 bits per heavy atom. The first-order valence-electron chi connectivity index (χ1n) is 11.7. The number of aromatic nitrogens is 1. The lowest BCUT2D eigenvalue weighted by Gasteiger charge is -2.23. The Balaban J connectivity index is 1.53. The molecule has 4 rings (SSSR count). The van der Waals surface area contributed by atoms with Crippen molar-refractivity contribution >= 4 is 42.4 Å². The van der Waals surface area contributed by atoms with Crippen molar-refractivity contribution in [1.29, 1.82) is 0 Å². The Bertz CT molecular complexity index is 1260. The van der Waals surface area contributed by atoms with E-state index < -0.39 is 9.84 Å². The number of benzene rings is 2. The van der Waals surface area contributed by atoms with Crippen LogP contribution >= 0.6 is 11.3 Å². The van der Waals surface area contributed by atoms with Crippen molar-refractivity contribution in [3.05, 3.63) is 36.4 Å². The Labute approximate surface area is 214 Å². The maximum absolute atomic E-state index is 13.4. The molecule has 0 bridgehead atoms. The lowest BCUT2D eigenvalue weighted by molar-refractivity contribution is -0.119. The fourth-order valence-electron chi connectivity index (χ4n) is 4.12. The minimum atomic E-state index is -3.53. The lowest BCUT2D eigenvalue weighted by Crippen LogP contribution is -2.37. The molecule has 0 saturated carbocycles. The molecule has 194 valence electrons. The van der Waals surface area contributed by atoms with Crippen molar-refractivity contribution in [1.82, 2.24) is 4.98 Å². The van der Waals surface area contributed by atoms with Crippen molar-refractivity contribution in [2.45, 2.75) is 36.7 Å². The quantitative estimate of drug-likeness (QED) is 0.362. The predicted molar refractivity (Wildman–Crippen MR) is 138 cm³/mol. The molecule has 1 aromatic heterocycles. The Morgan fingerprint density at radius 2 is 1.81 bits per heavy atom. The van der Waals surface area contributed by atoms with Crippen LogP contribution in [0.1, 0.15) is 25.7 Å². The number of sulfone groups is 1. The van der Waals surface area contributed by atoms with Gasteiger partial charge >= 0.3 is 0 Å². The number of methoxy groups -OCH3 is 3. The SMILES string of the molecule is COc1ccc(S(=O)(=O)CCCC(=O)N(CC2CCCO2)c2nc3c(OC)ccc(OC)c3s2)cc1. The third-order valence-electron chi connectivity index (χ3n) is 6.06. The highest BCUT2D eigenvalue weighted by molar-refractivity contribution is 7.91. The van der Waals surface area contributed by atoms with Gasteiger partial charge in [0.1, 0.15) is 27.5 Å². The van der Waals surface area contributed by atoms with Gasteiger partial charge in [-0.3, -0.25) is 9.69 Å². The maximum Gasteiger partial charge on any atom is 0.228 e. The third kappa shape index (κ3) is 5.74. The molecular weight excluding hydrogens is 504 g/mol. The van der Waals surface area contributed by atoms with Crippen molar-refractivity contribution in [3.8, 4) is 17.2 Å².